The summed E-state index contributed by atoms with van der Waals surface area (Å²) in [6.45, 7) is 0.171. The Kier molecular flexibility index (Phi) is 7.49. The SMILES string of the molecule is O=C(CCCOc1ccccc1F)Nc1cccc(S(=O)(=O)Nc2ccccc2Cl)c1. The zero-order chi connectivity index (χ0) is 22.3. The third kappa shape index (κ3) is 6.44. The molecule has 3 rings (SSSR count). The van der Waals surface area contributed by atoms with Crippen LogP contribution in [-0.2, 0) is 14.8 Å². The van der Waals surface area contributed by atoms with Crippen molar-refractivity contribution in [1.82, 2.24) is 0 Å². The summed E-state index contributed by atoms with van der Waals surface area (Å²) in [6.07, 6.45) is 0.496. The maximum Gasteiger partial charge on any atom is 0.262 e. The van der Waals surface area contributed by atoms with Gasteiger partial charge >= 0.3 is 0 Å². The molecule has 0 spiro atoms. The second kappa shape index (κ2) is 10.3. The largest absolute Gasteiger partial charge is 0.491 e. The van der Waals surface area contributed by atoms with E-state index in [1.54, 1.807) is 42.5 Å². The van der Waals surface area contributed by atoms with E-state index in [2.05, 4.69) is 10.0 Å². The molecule has 1 amide bonds. The number of halogens is 2. The molecule has 0 aromatic heterocycles. The number of nitrogens with one attached hydrogen (secondary N) is 2. The minimum atomic E-state index is -3.89. The maximum absolute atomic E-state index is 13.5. The molecule has 0 heterocycles. The molecule has 9 heteroatoms. The van der Waals surface area contributed by atoms with Crippen LogP contribution in [0.4, 0.5) is 15.8 Å². The van der Waals surface area contributed by atoms with Gasteiger partial charge in [-0.05, 0) is 48.9 Å². The summed E-state index contributed by atoms with van der Waals surface area (Å²) in [7, 11) is -3.89. The van der Waals surface area contributed by atoms with E-state index in [4.69, 9.17) is 16.3 Å². The Morgan fingerprint density at radius 1 is 1.00 bits per heavy atom. The second-order valence-electron chi connectivity index (χ2n) is 6.54. The van der Waals surface area contributed by atoms with Crippen molar-refractivity contribution in [2.75, 3.05) is 16.6 Å². The molecule has 162 valence electrons. The number of ether oxygens (including phenoxy) is 1. The minimum absolute atomic E-state index is 0.0203. The van der Waals surface area contributed by atoms with E-state index >= 15 is 0 Å². The topological polar surface area (TPSA) is 84.5 Å². The van der Waals surface area contributed by atoms with Crippen molar-refractivity contribution in [3.63, 3.8) is 0 Å². The van der Waals surface area contributed by atoms with E-state index in [1.807, 2.05) is 0 Å². The highest BCUT2D eigenvalue weighted by atomic mass is 35.5. The van der Waals surface area contributed by atoms with Crippen molar-refractivity contribution in [3.8, 4) is 5.75 Å². The Morgan fingerprint density at radius 3 is 2.52 bits per heavy atom. The van der Waals surface area contributed by atoms with Gasteiger partial charge in [-0.15, -0.1) is 0 Å². The van der Waals surface area contributed by atoms with Gasteiger partial charge in [0.2, 0.25) is 5.91 Å². The van der Waals surface area contributed by atoms with Crippen LogP contribution in [0.1, 0.15) is 12.8 Å². The predicted molar refractivity (Wildman–Crippen MR) is 118 cm³/mol. The van der Waals surface area contributed by atoms with Crippen LogP contribution >= 0.6 is 11.6 Å². The molecule has 6 nitrogen and oxygen atoms in total. The number of sulfonamides is 1. The summed E-state index contributed by atoms with van der Waals surface area (Å²) in [6, 6.07) is 18.4. The van der Waals surface area contributed by atoms with E-state index in [-0.39, 0.29) is 40.3 Å². The molecule has 0 fully saturated rings. The highest BCUT2D eigenvalue weighted by molar-refractivity contribution is 7.92. The van der Waals surface area contributed by atoms with Gasteiger partial charge in [0.25, 0.3) is 10.0 Å². The van der Waals surface area contributed by atoms with E-state index in [0.29, 0.717) is 12.1 Å². The quantitative estimate of drug-likeness (QED) is 0.434. The fourth-order valence-corrected chi connectivity index (χ4v) is 4.05. The Labute approximate surface area is 185 Å². The van der Waals surface area contributed by atoms with Crippen molar-refractivity contribution in [2.24, 2.45) is 0 Å². The standard InChI is InChI=1S/C22H20ClFN2O4S/c23-18-9-1-3-11-20(18)26-31(28,29)17-8-5-7-16(15-17)25-22(27)13-6-14-30-21-12-4-2-10-19(21)24/h1-5,7-12,15,26H,6,13-14H2,(H,25,27). The first-order chi connectivity index (χ1) is 14.8. The summed E-state index contributed by atoms with van der Waals surface area (Å²) in [5, 5.41) is 2.92. The normalized spacial score (nSPS) is 11.0. The monoisotopic (exact) mass is 462 g/mol. The molecule has 0 radical (unpaired) electrons. The van der Waals surface area contributed by atoms with Crippen molar-refractivity contribution in [1.29, 1.82) is 0 Å². The van der Waals surface area contributed by atoms with Gasteiger partial charge < -0.3 is 10.1 Å². The Balaban J connectivity index is 1.55. The number of hydrogen-bond donors (Lipinski definition) is 2. The van der Waals surface area contributed by atoms with Gasteiger partial charge in [-0.1, -0.05) is 41.9 Å². The van der Waals surface area contributed by atoms with Crippen LogP contribution in [-0.4, -0.2) is 20.9 Å². The predicted octanol–water partition coefficient (Wildman–Crippen LogP) is 5.08. The number of hydrogen-bond acceptors (Lipinski definition) is 4. The lowest BCUT2D eigenvalue weighted by Gasteiger charge is -2.11. The molecule has 2 N–H and O–H groups in total. The van der Waals surface area contributed by atoms with Crippen LogP contribution in [0.2, 0.25) is 5.02 Å². The number of benzene rings is 3. The molecule has 31 heavy (non-hydrogen) atoms. The zero-order valence-electron chi connectivity index (χ0n) is 16.3. The third-order valence-electron chi connectivity index (χ3n) is 4.19. The summed E-state index contributed by atoms with van der Waals surface area (Å²) in [5.74, 6) is -0.645. The lowest BCUT2D eigenvalue weighted by Crippen LogP contribution is -2.15. The van der Waals surface area contributed by atoms with Crippen LogP contribution < -0.4 is 14.8 Å². The van der Waals surface area contributed by atoms with E-state index in [0.717, 1.165) is 0 Å². The number of carbonyl (C=O) groups is 1. The molecule has 0 bridgehead atoms. The number of rotatable bonds is 9. The van der Waals surface area contributed by atoms with E-state index < -0.39 is 15.8 Å². The average molecular weight is 463 g/mol. The third-order valence-corrected chi connectivity index (χ3v) is 5.88. The Morgan fingerprint density at radius 2 is 1.74 bits per heavy atom. The number of anilines is 2. The summed E-state index contributed by atoms with van der Waals surface area (Å²) in [4.78, 5) is 12.1. The van der Waals surface area contributed by atoms with Crippen LogP contribution in [0.5, 0.6) is 5.75 Å². The van der Waals surface area contributed by atoms with Gasteiger partial charge in [0, 0.05) is 12.1 Å². The fraction of sp³-hybridized carbons (Fsp3) is 0.136. The van der Waals surface area contributed by atoms with Gasteiger partial charge in [-0.25, -0.2) is 12.8 Å². The minimum Gasteiger partial charge on any atom is -0.491 e. The summed E-state index contributed by atoms with van der Waals surface area (Å²) >= 11 is 6.01. The van der Waals surface area contributed by atoms with Gasteiger partial charge in [-0.2, -0.15) is 0 Å². The highest BCUT2D eigenvalue weighted by Crippen LogP contribution is 2.25. The van der Waals surface area contributed by atoms with Gasteiger partial charge in [0.05, 0.1) is 22.2 Å². The molecule has 3 aromatic rings. The number of carbonyl (C=O) groups excluding carboxylic acids is 1. The lowest BCUT2D eigenvalue weighted by atomic mass is 10.2. The summed E-state index contributed by atoms with van der Waals surface area (Å²) in [5.41, 5.74) is 0.593. The Hall–Kier alpha value is -3.10. The fourth-order valence-electron chi connectivity index (χ4n) is 2.69. The highest BCUT2D eigenvalue weighted by Gasteiger charge is 2.16. The molecule has 0 aliphatic heterocycles. The van der Waals surface area contributed by atoms with Crippen molar-refractivity contribution in [2.45, 2.75) is 17.7 Å². The first-order valence-electron chi connectivity index (χ1n) is 9.40. The van der Waals surface area contributed by atoms with Crippen molar-refractivity contribution < 1.29 is 22.3 Å². The van der Waals surface area contributed by atoms with E-state index in [1.165, 1.54) is 30.3 Å². The zero-order valence-corrected chi connectivity index (χ0v) is 17.9. The molecular weight excluding hydrogens is 443 g/mol. The van der Waals surface area contributed by atoms with Gasteiger partial charge in [0.15, 0.2) is 11.6 Å². The lowest BCUT2D eigenvalue weighted by molar-refractivity contribution is -0.116. The smallest absolute Gasteiger partial charge is 0.262 e. The van der Waals surface area contributed by atoms with Gasteiger partial charge in [-0.3, -0.25) is 9.52 Å². The van der Waals surface area contributed by atoms with Crippen LogP contribution in [0.15, 0.2) is 77.7 Å². The average Bonchev–Trinajstić information content (AvgIpc) is 2.74. The van der Waals surface area contributed by atoms with Gasteiger partial charge in [0.1, 0.15) is 0 Å². The molecule has 0 saturated heterocycles. The summed E-state index contributed by atoms with van der Waals surface area (Å²) < 4.78 is 46.5. The van der Waals surface area contributed by atoms with Crippen molar-refractivity contribution >= 4 is 38.9 Å². The van der Waals surface area contributed by atoms with Crippen LogP contribution in [0.3, 0.4) is 0 Å². The first kappa shape index (κ1) is 22.6. The molecule has 0 aliphatic rings. The molecule has 0 atom stereocenters. The number of para-hydroxylation sites is 2. The molecule has 3 aromatic carbocycles. The number of amides is 1. The van der Waals surface area contributed by atoms with Crippen LogP contribution in [0, 0.1) is 5.82 Å². The molecule has 0 aliphatic carbocycles. The molecular formula is C22H20ClFN2O4S. The molecule has 0 unspecified atom stereocenters. The first-order valence-corrected chi connectivity index (χ1v) is 11.3. The van der Waals surface area contributed by atoms with Crippen LogP contribution in [0.25, 0.3) is 0 Å². The molecule has 0 saturated carbocycles. The van der Waals surface area contributed by atoms with Crippen molar-refractivity contribution in [3.05, 3.63) is 83.6 Å². The van der Waals surface area contributed by atoms with E-state index in [9.17, 15) is 17.6 Å². The maximum atomic E-state index is 13.5. The second-order valence-corrected chi connectivity index (χ2v) is 8.63. The Bertz CT molecular complexity index is 1170.